The van der Waals surface area contributed by atoms with E-state index < -0.39 is 28.9 Å². The number of hydrogen-bond donors (Lipinski definition) is 1. The van der Waals surface area contributed by atoms with E-state index in [1.807, 2.05) is 0 Å². The average Bonchev–Trinajstić information content (AvgIpc) is 2.62. The first kappa shape index (κ1) is 18.8. The number of nitrogens with one attached hydrogen (secondary N) is 1. The molecule has 0 unspecified atom stereocenters. The number of ether oxygens (including phenoxy) is 1. The van der Waals surface area contributed by atoms with Gasteiger partial charge < -0.3 is 10.1 Å². The van der Waals surface area contributed by atoms with E-state index in [-0.39, 0.29) is 11.3 Å². The number of anilines is 1. The van der Waals surface area contributed by atoms with Gasteiger partial charge in [0.15, 0.2) is 0 Å². The first-order chi connectivity index (χ1) is 12.9. The molecule has 0 bridgehead atoms. The summed E-state index contributed by atoms with van der Waals surface area (Å²) in [5, 5.41) is 2.60. The Bertz CT molecular complexity index is 1000. The minimum atomic E-state index is -1.02. The molecule has 0 aliphatic carbocycles. The van der Waals surface area contributed by atoms with Crippen LogP contribution in [0.3, 0.4) is 0 Å². The number of methoxy groups -OCH3 is 1. The lowest BCUT2D eigenvalue weighted by Gasteiger charge is -2.11. The molecule has 0 heterocycles. The number of benzene rings is 3. The third kappa shape index (κ3) is 3.90. The van der Waals surface area contributed by atoms with Crippen LogP contribution in [0.2, 0.25) is 5.02 Å². The van der Waals surface area contributed by atoms with Crippen molar-refractivity contribution in [2.75, 3.05) is 12.4 Å². The number of halogens is 4. The molecular weight excluding hydrogens is 379 g/mol. The summed E-state index contributed by atoms with van der Waals surface area (Å²) in [6.45, 7) is 0. The van der Waals surface area contributed by atoms with Gasteiger partial charge in [0.1, 0.15) is 28.8 Å². The maximum absolute atomic E-state index is 14.6. The van der Waals surface area contributed by atoms with Crippen LogP contribution >= 0.6 is 11.6 Å². The van der Waals surface area contributed by atoms with Gasteiger partial charge in [0, 0.05) is 21.8 Å². The molecule has 7 heteroatoms. The Balaban J connectivity index is 1.91. The van der Waals surface area contributed by atoms with Crippen LogP contribution in [0.1, 0.15) is 10.4 Å². The standard InChI is InChI=1S/C20H13ClF3NO2/c1-27-12-6-8-15(21)14(10-12)13-7-5-11(9-18(13)24)25-20(26)19-16(22)3-2-4-17(19)23/h2-10H,1H3,(H,25,26). The molecule has 1 N–H and O–H groups in total. The molecule has 1 amide bonds. The van der Waals surface area contributed by atoms with Gasteiger partial charge in [0.25, 0.3) is 5.91 Å². The molecular formula is C20H13ClF3NO2. The zero-order valence-electron chi connectivity index (χ0n) is 14.0. The van der Waals surface area contributed by atoms with Crippen molar-refractivity contribution in [1.82, 2.24) is 0 Å². The fraction of sp³-hybridized carbons (Fsp3) is 0.0500. The molecule has 0 fully saturated rings. The first-order valence-corrected chi connectivity index (χ1v) is 8.17. The maximum Gasteiger partial charge on any atom is 0.261 e. The van der Waals surface area contributed by atoms with E-state index in [0.717, 1.165) is 24.3 Å². The van der Waals surface area contributed by atoms with E-state index in [1.54, 1.807) is 18.2 Å². The Hall–Kier alpha value is -2.99. The Morgan fingerprint density at radius 1 is 0.926 bits per heavy atom. The molecule has 3 aromatic carbocycles. The Morgan fingerprint density at radius 3 is 2.26 bits per heavy atom. The highest BCUT2D eigenvalue weighted by atomic mass is 35.5. The Morgan fingerprint density at radius 2 is 1.63 bits per heavy atom. The van der Waals surface area contributed by atoms with Crippen molar-refractivity contribution in [3.8, 4) is 16.9 Å². The van der Waals surface area contributed by atoms with E-state index >= 15 is 0 Å². The van der Waals surface area contributed by atoms with Gasteiger partial charge in [-0.3, -0.25) is 4.79 Å². The summed E-state index contributed by atoms with van der Waals surface area (Å²) in [6, 6.07) is 11.7. The van der Waals surface area contributed by atoms with Crippen molar-refractivity contribution in [1.29, 1.82) is 0 Å². The lowest BCUT2D eigenvalue weighted by molar-refractivity contribution is 0.101. The molecule has 3 rings (SSSR count). The topological polar surface area (TPSA) is 38.3 Å². The van der Waals surface area contributed by atoms with Crippen LogP contribution in [0, 0.1) is 17.5 Å². The zero-order valence-corrected chi connectivity index (χ0v) is 14.8. The van der Waals surface area contributed by atoms with Crippen LogP contribution in [-0.2, 0) is 0 Å². The second kappa shape index (κ2) is 7.72. The monoisotopic (exact) mass is 391 g/mol. The predicted octanol–water partition coefficient (Wildman–Crippen LogP) is 5.69. The Kier molecular flexibility index (Phi) is 5.37. The van der Waals surface area contributed by atoms with E-state index in [9.17, 15) is 18.0 Å². The molecule has 0 aromatic heterocycles. The molecule has 0 radical (unpaired) electrons. The van der Waals surface area contributed by atoms with Gasteiger partial charge in [-0.25, -0.2) is 13.2 Å². The van der Waals surface area contributed by atoms with E-state index in [0.29, 0.717) is 16.3 Å². The molecule has 0 aliphatic rings. The number of hydrogen-bond acceptors (Lipinski definition) is 2. The first-order valence-electron chi connectivity index (χ1n) is 7.79. The maximum atomic E-state index is 14.6. The van der Waals surface area contributed by atoms with Crippen molar-refractivity contribution in [2.45, 2.75) is 0 Å². The average molecular weight is 392 g/mol. The fourth-order valence-electron chi connectivity index (χ4n) is 2.56. The lowest BCUT2D eigenvalue weighted by Crippen LogP contribution is -2.16. The van der Waals surface area contributed by atoms with Gasteiger partial charge in [0.2, 0.25) is 0 Å². The van der Waals surface area contributed by atoms with Crippen molar-refractivity contribution in [3.05, 3.63) is 82.6 Å². The minimum absolute atomic E-state index is 0.0444. The van der Waals surface area contributed by atoms with E-state index in [1.165, 1.54) is 19.2 Å². The molecule has 0 atom stereocenters. The molecule has 3 aromatic rings. The summed E-state index contributed by atoms with van der Waals surface area (Å²) < 4.78 is 47.0. The fourth-order valence-corrected chi connectivity index (χ4v) is 2.78. The van der Waals surface area contributed by atoms with Gasteiger partial charge in [0.05, 0.1) is 7.11 Å². The van der Waals surface area contributed by atoms with Gasteiger partial charge >= 0.3 is 0 Å². The summed E-state index contributed by atoms with van der Waals surface area (Å²) in [5.41, 5.74) is -0.0961. The van der Waals surface area contributed by atoms with Crippen molar-refractivity contribution in [2.24, 2.45) is 0 Å². The highest BCUT2D eigenvalue weighted by molar-refractivity contribution is 6.33. The van der Waals surface area contributed by atoms with Gasteiger partial charge in [-0.2, -0.15) is 0 Å². The van der Waals surface area contributed by atoms with Gasteiger partial charge in [-0.1, -0.05) is 17.7 Å². The Labute approximate surface area is 158 Å². The summed E-state index contributed by atoms with van der Waals surface area (Å²) in [7, 11) is 1.48. The van der Waals surface area contributed by atoms with Crippen LogP contribution in [0.5, 0.6) is 5.75 Å². The van der Waals surface area contributed by atoms with Crippen LogP contribution in [0.15, 0.2) is 54.6 Å². The summed E-state index contributed by atoms with van der Waals surface area (Å²) >= 11 is 6.12. The number of rotatable bonds is 4. The van der Waals surface area contributed by atoms with E-state index in [2.05, 4.69) is 5.32 Å². The summed E-state index contributed by atoms with van der Waals surface area (Å²) in [5.74, 6) is -3.20. The molecule has 0 saturated heterocycles. The number of carbonyl (C=O) groups is 1. The normalized spacial score (nSPS) is 10.6. The van der Waals surface area contributed by atoms with Crippen molar-refractivity contribution < 1.29 is 22.7 Å². The van der Waals surface area contributed by atoms with Crippen molar-refractivity contribution in [3.63, 3.8) is 0 Å². The predicted molar refractivity (Wildman–Crippen MR) is 97.7 cm³/mol. The minimum Gasteiger partial charge on any atom is -0.497 e. The summed E-state index contributed by atoms with van der Waals surface area (Å²) in [4.78, 5) is 12.1. The van der Waals surface area contributed by atoms with Crippen LogP contribution in [0.25, 0.3) is 11.1 Å². The second-order valence-corrected chi connectivity index (χ2v) is 6.00. The van der Waals surface area contributed by atoms with Crippen LogP contribution in [0.4, 0.5) is 18.9 Å². The second-order valence-electron chi connectivity index (χ2n) is 5.59. The van der Waals surface area contributed by atoms with Crippen LogP contribution < -0.4 is 10.1 Å². The third-order valence-electron chi connectivity index (χ3n) is 3.88. The SMILES string of the molecule is COc1ccc(Cl)c(-c2ccc(NC(=O)c3c(F)cccc3F)cc2F)c1. The highest BCUT2D eigenvalue weighted by Crippen LogP contribution is 2.34. The molecule has 138 valence electrons. The zero-order chi connectivity index (χ0) is 19.6. The summed E-state index contributed by atoms with van der Waals surface area (Å²) in [6.07, 6.45) is 0. The number of carbonyl (C=O) groups excluding carboxylic acids is 1. The molecule has 0 aliphatic heterocycles. The quantitative estimate of drug-likeness (QED) is 0.621. The molecule has 0 saturated carbocycles. The molecule has 27 heavy (non-hydrogen) atoms. The van der Waals surface area contributed by atoms with Crippen LogP contribution in [-0.4, -0.2) is 13.0 Å². The van der Waals surface area contributed by atoms with E-state index in [4.69, 9.17) is 16.3 Å². The smallest absolute Gasteiger partial charge is 0.261 e. The number of amides is 1. The molecule has 3 nitrogen and oxygen atoms in total. The van der Waals surface area contributed by atoms with Gasteiger partial charge in [-0.05, 0) is 48.5 Å². The molecule has 0 spiro atoms. The lowest BCUT2D eigenvalue weighted by atomic mass is 10.0. The van der Waals surface area contributed by atoms with Gasteiger partial charge in [-0.15, -0.1) is 0 Å². The largest absolute Gasteiger partial charge is 0.497 e. The van der Waals surface area contributed by atoms with Crippen molar-refractivity contribution >= 4 is 23.2 Å². The third-order valence-corrected chi connectivity index (χ3v) is 4.21. The highest BCUT2D eigenvalue weighted by Gasteiger charge is 2.18.